The SMILES string of the molecule is CS[C@@H](C(=O)c1ccccc1)[C@H](C)C(=O)c1ccccc1. The molecule has 0 N–H and O–H groups in total. The van der Waals surface area contributed by atoms with E-state index in [-0.39, 0.29) is 22.7 Å². The Labute approximate surface area is 129 Å². The molecule has 0 aromatic heterocycles. The van der Waals surface area contributed by atoms with Crippen LogP contribution >= 0.6 is 11.8 Å². The molecule has 0 amide bonds. The van der Waals surface area contributed by atoms with Gasteiger partial charge in [0.1, 0.15) is 0 Å². The molecular formula is C18H18O2S. The van der Waals surface area contributed by atoms with Crippen LogP contribution < -0.4 is 0 Å². The molecule has 0 heterocycles. The van der Waals surface area contributed by atoms with Gasteiger partial charge in [-0.2, -0.15) is 11.8 Å². The minimum atomic E-state index is -0.361. The highest BCUT2D eigenvalue weighted by Crippen LogP contribution is 2.25. The van der Waals surface area contributed by atoms with Crippen molar-refractivity contribution < 1.29 is 9.59 Å². The van der Waals surface area contributed by atoms with Crippen molar-refractivity contribution in [2.45, 2.75) is 12.2 Å². The van der Waals surface area contributed by atoms with Crippen LogP contribution in [0.2, 0.25) is 0 Å². The van der Waals surface area contributed by atoms with Gasteiger partial charge in [-0.05, 0) is 6.26 Å². The Morgan fingerprint density at radius 2 is 1.24 bits per heavy atom. The van der Waals surface area contributed by atoms with Crippen molar-refractivity contribution in [3.8, 4) is 0 Å². The van der Waals surface area contributed by atoms with Crippen LogP contribution in [-0.2, 0) is 0 Å². The predicted octanol–water partition coefficient (Wildman–Crippen LogP) is 4.12. The maximum absolute atomic E-state index is 12.6. The van der Waals surface area contributed by atoms with Crippen LogP contribution in [0.4, 0.5) is 0 Å². The van der Waals surface area contributed by atoms with Crippen molar-refractivity contribution in [2.75, 3.05) is 6.26 Å². The monoisotopic (exact) mass is 298 g/mol. The quantitative estimate of drug-likeness (QED) is 0.752. The van der Waals surface area contributed by atoms with Crippen LogP contribution in [0.5, 0.6) is 0 Å². The van der Waals surface area contributed by atoms with E-state index in [2.05, 4.69) is 0 Å². The lowest BCUT2D eigenvalue weighted by Gasteiger charge is -2.20. The summed E-state index contributed by atoms with van der Waals surface area (Å²) in [7, 11) is 0. The van der Waals surface area contributed by atoms with Crippen LogP contribution in [0.1, 0.15) is 27.6 Å². The molecule has 0 aliphatic carbocycles. The van der Waals surface area contributed by atoms with Crippen molar-refractivity contribution in [3.05, 3.63) is 71.8 Å². The van der Waals surface area contributed by atoms with E-state index in [1.54, 1.807) is 24.3 Å². The molecule has 0 spiro atoms. The summed E-state index contributed by atoms with van der Waals surface area (Å²) in [5.41, 5.74) is 1.31. The Balaban J connectivity index is 2.21. The number of Topliss-reactive ketones (excluding diaryl/α,β-unsaturated/α-hetero) is 2. The summed E-state index contributed by atoms with van der Waals surface area (Å²) in [5.74, 6) is -0.325. The van der Waals surface area contributed by atoms with E-state index in [0.717, 1.165) is 0 Å². The zero-order valence-corrected chi connectivity index (χ0v) is 13.0. The highest BCUT2D eigenvalue weighted by Gasteiger charge is 2.30. The maximum atomic E-state index is 12.6. The number of hydrogen-bond donors (Lipinski definition) is 0. The molecule has 21 heavy (non-hydrogen) atoms. The second-order valence-corrected chi connectivity index (χ2v) is 5.88. The zero-order valence-electron chi connectivity index (χ0n) is 12.2. The number of rotatable bonds is 6. The van der Waals surface area contributed by atoms with Gasteiger partial charge in [-0.25, -0.2) is 0 Å². The molecular weight excluding hydrogens is 280 g/mol. The number of carbonyl (C=O) groups is 2. The van der Waals surface area contributed by atoms with E-state index < -0.39 is 0 Å². The molecule has 0 bridgehead atoms. The van der Waals surface area contributed by atoms with Gasteiger partial charge in [0, 0.05) is 17.0 Å². The van der Waals surface area contributed by atoms with Crippen LogP contribution in [0.15, 0.2) is 60.7 Å². The van der Waals surface area contributed by atoms with Gasteiger partial charge in [0.2, 0.25) is 0 Å². The minimum Gasteiger partial charge on any atom is -0.294 e. The second kappa shape index (κ2) is 7.23. The van der Waals surface area contributed by atoms with Gasteiger partial charge < -0.3 is 0 Å². The smallest absolute Gasteiger partial charge is 0.176 e. The number of thioether (sulfide) groups is 1. The average Bonchev–Trinajstić information content (AvgIpc) is 2.56. The van der Waals surface area contributed by atoms with Crippen molar-refractivity contribution in [1.82, 2.24) is 0 Å². The van der Waals surface area contributed by atoms with Gasteiger partial charge in [-0.15, -0.1) is 0 Å². The fourth-order valence-electron chi connectivity index (χ4n) is 2.31. The fourth-order valence-corrected chi connectivity index (χ4v) is 3.19. The Bertz CT molecular complexity index is 608. The normalized spacial score (nSPS) is 13.4. The third-order valence-electron chi connectivity index (χ3n) is 3.50. The first-order chi connectivity index (χ1) is 10.1. The molecule has 2 aromatic rings. The summed E-state index contributed by atoms with van der Waals surface area (Å²) in [6.07, 6.45) is 1.88. The molecule has 0 saturated heterocycles. The molecule has 2 atom stereocenters. The Morgan fingerprint density at radius 1 is 0.810 bits per heavy atom. The van der Waals surface area contributed by atoms with E-state index in [1.165, 1.54) is 11.8 Å². The van der Waals surface area contributed by atoms with Gasteiger partial charge in [0.15, 0.2) is 11.6 Å². The zero-order chi connectivity index (χ0) is 15.2. The molecule has 0 aliphatic rings. The van der Waals surface area contributed by atoms with Crippen molar-refractivity contribution in [1.29, 1.82) is 0 Å². The van der Waals surface area contributed by atoms with Crippen LogP contribution in [0.25, 0.3) is 0 Å². The summed E-state index contributed by atoms with van der Waals surface area (Å²) in [6.45, 7) is 1.83. The Kier molecular flexibility index (Phi) is 5.34. The van der Waals surface area contributed by atoms with Crippen molar-refractivity contribution in [2.24, 2.45) is 5.92 Å². The molecule has 0 radical (unpaired) electrons. The van der Waals surface area contributed by atoms with Gasteiger partial charge in [-0.3, -0.25) is 9.59 Å². The van der Waals surface area contributed by atoms with Crippen LogP contribution in [0.3, 0.4) is 0 Å². The molecule has 0 saturated carbocycles. The number of ketones is 2. The van der Waals surface area contributed by atoms with E-state index in [1.807, 2.05) is 49.6 Å². The van der Waals surface area contributed by atoms with Gasteiger partial charge in [0.05, 0.1) is 5.25 Å². The molecule has 0 unspecified atom stereocenters. The lowest BCUT2D eigenvalue weighted by molar-refractivity contribution is 0.0871. The number of carbonyl (C=O) groups excluding carboxylic acids is 2. The van der Waals surface area contributed by atoms with Gasteiger partial charge >= 0.3 is 0 Å². The molecule has 2 nitrogen and oxygen atoms in total. The van der Waals surface area contributed by atoms with Crippen LogP contribution in [-0.4, -0.2) is 23.1 Å². The minimum absolute atomic E-state index is 0.0132. The van der Waals surface area contributed by atoms with Crippen molar-refractivity contribution in [3.63, 3.8) is 0 Å². The second-order valence-electron chi connectivity index (χ2n) is 4.91. The molecule has 0 fully saturated rings. The third-order valence-corrected chi connectivity index (χ3v) is 4.63. The van der Waals surface area contributed by atoms with E-state index in [0.29, 0.717) is 11.1 Å². The summed E-state index contributed by atoms with van der Waals surface area (Å²) in [4.78, 5) is 25.1. The summed E-state index contributed by atoms with van der Waals surface area (Å²) in [5, 5.41) is -0.361. The van der Waals surface area contributed by atoms with E-state index in [9.17, 15) is 9.59 Å². The summed E-state index contributed by atoms with van der Waals surface area (Å²) >= 11 is 1.43. The lowest BCUT2D eigenvalue weighted by Crippen LogP contribution is -2.30. The number of benzene rings is 2. The predicted molar refractivity (Wildman–Crippen MR) is 88.0 cm³/mol. The molecule has 2 aromatic carbocycles. The lowest BCUT2D eigenvalue weighted by atomic mass is 9.92. The molecule has 2 rings (SSSR count). The van der Waals surface area contributed by atoms with Crippen LogP contribution in [0, 0.1) is 5.92 Å². The standard InChI is InChI=1S/C18H18O2S/c1-13(16(19)14-9-5-3-6-10-14)18(21-2)17(20)15-11-7-4-8-12-15/h3-13,18H,1-2H3/t13-,18-/m1/s1. The molecule has 0 aliphatic heterocycles. The Morgan fingerprint density at radius 3 is 1.67 bits per heavy atom. The molecule has 3 heteroatoms. The van der Waals surface area contributed by atoms with Gasteiger partial charge in [0.25, 0.3) is 0 Å². The first-order valence-corrected chi connectivity index (χ1v) is 8.15. The third kappa shape index (κ3) is 3.61. The molecule has 108 valence electrons. The fraction of sp³-hybridized carbons (Fsp3) is 0.222. The first kappa shape index (κ1) is 15.5. The largest absolute Gasteiger partial charge is 0.294 e. The van der Waals surface area contributed by atoms with Crippen molar-refractivity contribution >= 4 is 23.3 Å². The van der Waals surface area contributed by atoms with E-state index >= 15 is 0 Å². The maximum Gasteiger partial charge on any atom is 0.176 e. The summed E-state index contributed by atoms with van der Waals surface area (Å²) in [6, 6.07) is 18.3. The first-order valence-electron chi connectivity index (χ1n) is 6.86. The topological polar surface area (TPSA) is 34.1 Å². The number of hydrogen-bond acceptors (Lipinski definition) is 3. The Hall–Kier alpha value is -1.87. The summed E-state index contributed by atoms with van der Waals surface area (Å²) < 4.78 is 0. The highest BCUT2D eigenvalue weighted by molar-refractivity contribution is 8.00. The van der Waals surface area contributed by atoms with E-state index in [4.69, 9.17) is 0 Å². The highest BCUT2D eigenvalue weighted by atomic mass is 32.2. The average molecular weight is 298 g/mol. The van der Waals surface area contributed by atoms with Gasteiger partial charge in [-0.1, -0.05) is 67.6 Å².